The number of likely N-dealkylation sites (N-methyl/N-ethyl adjacent to an activating group) is 1. The Kier molecular flexibility index (Phi) is 5.61. The monoisotopic (exact) mass is 295 g/mol. The van der Waals surface area contributed by atoms with E-state index >= 15 is 0 Å². The maximum atomic E-state index is 11.5. The summed E-state index contributed by atoms with van der Waals surface area (Å²) >= 11 is 0. The van der Waals surface area contributed by atoms with Crippen LogP contribution in [-0.4, -0.2) is 42.3 Å². The number of aliphatic carboxylic acids is 1. The summed E-state index contributed by atoms with van der Waals surface area (Å²) in [4.78, 5) is 13.4. The number of carboxylic acid groups (broad SMARTS) is 1. The highest BCUT2D eigenvalue weighted by Gasteiger charge is 2.37. The Bertz CT molecular complexity index is 499. The number of methoxy groups -OCH3 is 2. The van der Waals surface area contributed by atoms with E-state index in [1.165, 1.54) is 0 Å². The number of nitrogens with zero attached hydrogens (tertiary/aromatic N) is 1. The van der Waals surface area contributed by atoms with Crippen molar-refractivity contribution in [3.63, 3.8) is 0 Å². The van der Waals surface area contributed by atoms with E-state index in [9.17, 15) is 9.90 Å². The second kappa shape index (κ2) is 6.80. The van der Waals surface area contributed by atoms with Gasteiger partial charge in [0, 0.05) is 17.7 Å². The van der Waals surface area contributed by atoms with E-state index in [1.54, 1.807) is 28.1 Å². The van der Waals surface area contributed by atoms with E-state index in [-0.39, 0.29) is 6.04 Å². The molecule has 0 aliphatic heterocycles. The molecule has 0 fully saturated rings. The molecule has 1 aromatic rings. The maximum absolute atomic E-state index is 11.5. The number of hydrogen-bond donors (Lipinski definition) is 1. The Labute approximate surface area is 126 Å². The summed E-state index contributed by atoms with van der Waals surface area (Å²) in [5.74, 6) is 0.563. The lowest BCUT2D eigenvalue weighted by atomic mass is 9.96. The van der Waals surface area contributed by atoms with Crippen molar-refractivity contribution in [1.82, 2.24) is 4.90 Å². The summed E-state index contributed by atoms with van der Waals surface area (Å²) in [6.45, 7) is 7.99. The Balaban J connectivity index is 3.22. The van der Waals surface area contributed by atoms with Crippen molar-refractivity contribution >= 4 is 5.97 Å². The third-order valence-electron chi connectivity index (χ3n) is 3.94. The van der Waals surface area contributed by atoms with Crippen LogP contribution in [-0.2, 0) is 4.79 Å². The molecule has 21 heavy (non-hydrogen) atoms. The number of benzene rings is 1. The van der Waals surface area contributed by atoms with Gasteiger partial charge in [0.15, 0.2) is 0 Å². The van der Waals surface area contributed by atoms with Crippen molar-refractivity contribution in [2.75, 3.05) is 20.8 Å². The van der Waals surface area contributed by atoms with Crippen LogP contribution in [0, 0.1) is 0 Å². The first-order chi connectivity index (χ1) is 9.79. The van der Waals surface area contributed by atoms with Gasteiger partial charge in [-0.05, 0) is 33.4 Å². The SMILES string of the molecule is CCN(C(C)c1ccc(OC)cc1OC)C(C)(C)C(=O)O. The van der Waals surface area contributed by atoms with Gasteiger partial charge in [0.05, 0.1) is 14.2 Å². The average molecular weight is 295 g/mol. The van der Waals surface area contributed by atoms with Gasteiger partial charge >= 0.3 is 5.97 Å². The van der Waals surface area contributed by atoms with Crippen molar-refractivity contribution in [2.45, 2.75) is 39.3 Å². The normalized spacial score (nSPS) is 13.1. The number of ether oxygens (including phenoxy) is 2. The van der Waals surface area contributed by atoms with Crippen LogP contribution in [0.3, 0.4) is 0 Å². The van der Waals surface area contributed by atoms with Crippen molar-refractivity contribution in [2.24, 2.45) is 0 Å². The third-order valence-corrected chi connectivity index (χ3v) is 3.94. The number of rotatable bonds is 7. The van der Waals surface area contributed by atoms with Crippen LogP contribution in [0.4, 0.5) is 0 Å². The Morgan fingerprint density at radius 1 is 1.33 bits per heavy atom. The number of carbonyl (C=O) groups is 1. The molecule has 118 valence electrons. The Morgan fingerprint density at radius 2 is 1.95 bits per heavy atom. The minimum absolute atomic E-state index is 0.0954. The van der Waals surface area contributed by atoms with Crippen LogP contribution in [0.2, 0.25) is 0 Å². The van der Waals surface area contributed by atoms with E-state index in [1.807, 2.05) is 36.9 Å². The van der Waals surface area contributed by atoms with Crippen LogP contribution in [0.25, 0.3) is 0 Å². The fraction of sp³-hybridized carbons (Fsp3) is 0.562. The van der Waals surface area contributed by atoms with Gasteiger partial charge in [-0.3, -0.25) is 9.69 Å². The van der Waals surface area contributed by atoms with Gasteiger partial charge in [0.1, 0.15) is 17.0 Å². The van der Waals surface area contributed by atoms with Crippen molar-refractivity contribution in [3.05, 3.63) is 23.8 Å². The van der Waals surface area contributed by atoms with Crippen molar-refractivity contribution in [1.29, 1.82) is 0 Å². The molecule has 0 spiro atoms. The molecular weight excluding hydrogens is 270 g/mol. The van der Waals surface area contributed by atoms with Gasteiger partial charge in [-0.15, -0.1) is 0 Å². The lowest BCUT2D eigenvalue weighted by Crippen LogP contribution is -2.51. The van der Waals surface area contributed by atoms with Gasteiger partial charge in [-0.25, -0.2) is 0 Å². The van der Waals surface area contributed by atoms with Crippen LogP contribution < -0.4 is 9.47 Å². The van der Waals surface area contributed by atoms with Crippen LogP contribution in [0.15, 0.2) is 18.2 Å². The fourth-order valence-corrected chi connectivity index (χ4v) is 2.61. The highest BCUT2D eigenvalue weighted by molar-refractivity contribution is 5.77. The molecule has 5 heteroatoms. The predicted molar refractivity (Wildman–Crippen MR) is 82.1 cm³/mol. The van der Waals surface area contributed by atoms with E-state index in [0.29, 0.717) is 18.0 Å². The molecule has 0 heterocycles. The first-order valence-electron chi connectivity index (χ1n) is 7.01. The minimum atomic E-state index is -0.959. The zero-order chi connectivity index (χ0) is 16.2. The summed E-state index contributed by atoms with van der Waals surface area (Å²) in [5.41, 5.74) is -0.0199. The summed E-state index contributed by atoms with van der Waals surface area (Å²) in [7, 11) is 3.20. The highest BCUT2D eigenvalue weighted by atomic mass is 16.5. The Morgan fingerprint density at radius 3 is 2.38 bits per heavy atom. The summed E-state index contributed by atoms with van der Waals surface area (Å²) < 4.78 is 10.6. The summed E-state index contributed by atoms with van der Waals surface area (Å²) in [6.07, 6.45) is 0. The molecule has 5 nitrogen and oxygen atoms in total. The molecule has 1 atom stereocenters. The lowest BCUT2D eigenvalue weighted by molar-refractivity contribution is -0.150. The molecule has 0 saturated heterocycles. The zero-order valence-corrected chi connectivity index (χ0v) is 13.6. The van der Waals surface area contributed by atoms with Crippen molar-refractivity contribution < 1.29 is 19.4 Å². The van der Waals surface area contributed by atoms with Crippen LogP contribution in [0.1, 0.15) is 39.3 Å². The molecule has 1 unspecified atom stereocenters. The molecule has 1 aromatic carbocycles. The van der Waals surface area contributed by atoms with E-state index < -0.39 is 11.5 Å². The second-order valence-electron chi connectivity index (χ2n) is 5.43. The third kappa shape index (κ3) is 3.47. The topological polar surface area (TPSA) is 59.0 Å². The van der Waals surface area contributed by atoms with Gasteiger partial charge in [-0.1, -0.05) is 13.0 Å². The molecule has 0 aliphatic rings. The van der Waals surface area contributed by atoms with Crippen LogP contribution >= 0.6 is 0 Å². The lowest BCUT2D eigenvalue weighted by Gasteiger charge is -2.39. The van der Waals surface area contributed by atoms with Gasteiger partial charge in [0.2, 0.25) is 0 Å². The molecule has 0 aliphatic carbocycles. The molecule has 0 saturated carbocycles. The van der Waals surface area contributed by atoms with Crippen LogP contribution in [0.5, 0.6) is 11.5 Å². The first-order valence-corrected chi connectivity index (χ1v) is 7.01. The summed E-state index contributed by atoms with van der Waals surface area (Å²) in [5, 5.41) is 9.45. The molecule has 1 rings (SSSR count). The second-order valence-corrected chi connectivity index (χ2v) is 5.43. The zero-order valence-electron chi connectivity index (χ0n) is 13.6. The van der Waals surface area contributed by atoms with Gasteiger partial charge in [-0.2, -0.15) is 0 Å². The molecular formula is C16H25NO4. The van der Waals surface area contributed by atoms with E-state index in [2.05, 4.69) is 0 Å². The highest BCUT2D eigenvalue weighted by Crippen LogP contribution is 2.35. The largest absolute Gasteiger partial charge is 0.497 e. The Hall–Kier alpha value is -1.75. The fourth-order valence-electron chi connectivity index (χ4n) is 2.61. The molecule has 0 radical (unpaired) electrons. The van der Waals surface area contributed by atoms with E-state index in [0.717, 1.165) is 5.56 Å². The molecule has 0 amide bonds. The predicted octanol–water partition coefficient (Wildman–Crippen LogP) is 2.95. The smallest absolute Gasteiger partial charge is 0.323 e. The molecule has 0 bridgehead atoms. The van der Waals surface area contributed by atoms with E-state index in [4.69, 9.17) is 9.47 Å². The molecule has 0 aromatic heterocycles. The quantitative estimate of drug-likeness (QED) is 0.838. The number of carboxylic acids is 1. The average Bonchev–Trinajstić information content (AvgIpc) is 2.46. The van der Waals surface area contributed by atoms with Gasteiger partial charge in [0.25, 0.3) is 0 Å². The minimum Gasteiger partial charge on any atom is -0.497 e. The van der Waals surface area contributed by atoms with Gasteiger partial charge < -0.3 is 14.6 Å². The maximum Gasteiger partial charge on any atom is 0.323 e. The first kappa shape index (κ1) is 17.3. The number of hydrogen-bond acceptors (Lipinski definition) is 4. The molecule has 1 N–H and O–H groups in total. The van der Waals surface area contributed by atoms with Crippen molar-refractivity contribution in [3.8, 4) is 11.5 Å². The summed E-state index contributed by atoms with van der Waals surface area (Å²) in [6, 6.07) is 5.49. The standard InChI is InChI=1S/C16H25NO4/c1-7-17(16(3,4)15(18)19)11(2)13-9-8-12(20-5)10-14(13)21-6/h8-11H,7H2,1-6H3,(H,18,19).